The standard InChI is InChI=1S/C11H19N3OS/c1-9(11-14-3-5-16-11)6-12-7-10-8-15-4-2-13-10/h3,5,9-10,12-13H,2,4,6-8H2,1H3. The van der Waals surface area contributed by atoms with E-state index in [1.165, 1.54) is 5.01 Å². The Hall–Kier alpha value is -0.490. The zero-order valence-electron chi connectivity index (χ0n) is 9.61. The first kappa shape index (κ1) is 12.0. The van der Waals surface area contributed by atoms with Crippen LogP contribution >= 0.6 is 11.3 Å². The molecule has 0 aromatic carbocycles. The minimum Gasteiger partial charge on any atom is -0.378 e. The average Bonchev–Trinajstić information content (AvgIpc) is 2.84. The molecule has 0 bridgehead atoms. The summed E-state index contributed by atoms with van der Waals surface area (Å²) in [6.07, 6.45) is 1.87. The van der Waals surface area contributed by atoms with Crippen LogP contribution in [0.1, 0.15) is 17.8 Å². The van der Waals surface area contributed by atoms with E-state index in [4.69, 9.17) is 4.74 Å². The Bertz CT molecular complexity index is 285. The molecule has 5 heteroatoms. The van der Waals surface area contributed by atoms with Crippen molar-refractivity contribution in [1.82, 2.24) is 15.6 Å². The van der Waals surface area contributed by atoms with Crippen LogP contribution < -0.4 is 10.6 Å². The quantitative estimate of drug-likeness (QED) is 0.801. The summed E-state index contributed by atoms with van der Waals surface area (Å²) in [5.41, 5.74) is 0. The minimum absolute atomic E-state index is 0.456. The van der Waals surface area contributed by atoms with Crippen LogP contribution in [0.15, 0.2) is 11.6 Å². The van der Waals surface area contributed by atoms with Gasteiger partial charge in [0.25, 0.3) is 0 Å². The number of ether oxygens (including phenoxy) is 1. The molecule has 0 amide bonds. The van der Waals surface area contributed by atoms with Crippen molar-refractivity contribution in [2.24, 2.45) is 0 Å². The monoisotopic (exact) mass is 241 g/mol. The van der Waals surface area contributed by atoms with Crippen LogP contribution in [0.5, 0.6) is 0 Å². The molecule has 2 unspecified atom stereocenters. The van der Waals surface area contributed by atoms with E-state index in [-0.39, 0.29) is 0 Å². The molecule has 1 aliphatic rings. The summed E-state index contributed by atoms with van der Waals surface area (Å²) in [7, 11) is 0. The third-order valence-corrected chi connectivity index (χ3v) is 3.72. The van der Waals surface area contributed by atoms with E-state index in [9.17, 15) is 0 Å². The summed E-state index contributed by atoms with van der Waals surface area (Å²) in [5.74, 6) is 0.490. The molecule has 0 aliphatic carbocycles. The third-order valence-electron chi connectivity index (χ3n) is 2.71. The van der Waals surface area contributed by atoms with Crippen LogP contribution in [0.3, 0.4) is 0 Å². The highest BCUT2D eigenvalue weighted by Crippen LogP contribution is 2.16. The number of hydrogen-bond acceptors (Lipinski definition) is 5. The highest BCUT2D eigenvalue weighted by atomic mass is 32.1. The molecule has 16 heavy (non-hydrogen) atoms. The largest absolute Gasteiger partial charge is 0.378 e. The van der Waals surface area contributed by atoms with Gasteiger partial charge in [-0.25, -0.2) is 4.98 Å². The zero-order valence-corrected chi connectivity index (χ0v) is 10.4. The molecular formula is C11H19N3OS. The van der Waals surface area contributed by atoms with Crippen LogP contribution in [-0.4, -0.2) is 43.9 Å². The predicted octanol–water partition coefficient (Wildman–Crippen LogP) is 0.825. The fraction of sp³-hybridized carbons (Fsp3) is 0.727. The molecule has 2 rings (SSSR count). The molecule has 1 aliphatic heterocycles. The van der Waals surface area contributed by atoms with Gasteiger partial charge in [0.2, 0.25) is 0 Å². The summed E-state index contributed by atoms with van der Waals surface area (Å²) in [6.45, 7) is 6.77. The van der Waals surface area contributed by atoms with Crippen LogP contribution in [0, 0.1) is 0 Å². The molecule has 0 radical (unpaired) electrons. The predicted molar refractivity (Wildman–Crippen MR) is 66.0 cm³/mol. The SMILES string of the molecule is CC(CNCC1COCCN1)c1nccs1. The number of aromatic nitrogens is 1. The van der Waals surface area contributed by atoms with Crippen molar-refractivity contribution in [3.05, 3.63) is 16.6 Å². The van der Waals surface area contributed by atoms with Crippen LogP contribution in [0.25, 0.3) is 0 Å². The Morgan fingerprint density at radius 2 is 2.69 bits per heavy atom. The van der Waals surface area contributed by atoms with Crippen molar-refractivity contribution in [3.8, 4) is 0 Å². The van der Waals surface area contributed by atoms with Crippen molar-refractivity contribution in [2.75, 3.05) is 32.8 Å². The first-order chi connectivity index (χ1) is 7.86. The smallest absolute Gasteiger partial charge is 0.0965 e. The van der Waals surface area contributed by atoms with Crippen LogP contribution in [0.4, 0.5) is 0 Å². The molecule has 2 N–H and O–H groups in total. The van der Waals surface area contributed by atoms with Crippen LogP contribution in [-0.2, 0) is 4.74 Å². The van der Waals surface area contributed by atoms with Gasteiger partial charge in [-0.1, -0.05) is 6.92 Å². The van der Waals surface area contributed by atoms with Crippen molar-refractivity contribution < 1.29 is 4.74 Å². The van der Waals surface area contributed by atoms with Gasteiger partial charge in [-0.05, 0) is 0 Å². The molecule has 0 spiro atoms. The van der Waals surface area contributed by atoms with E-state index < -0.39 is 0 Å². The van der Waals surface area contributed by atoms with E-state index in [1.807, 2.05) is 11.6 Å². The molecule has 4 nitrogen and oxygen atoms in total. The van der Waals surface area contributed by atoms with Crippen molar-refractivity contribution in [3.63, 3.8) is 0 Å². The first-order valence-corrected chi connectivity index (χ1v) is 6.65. The topological polar surface area (TPSA) is 46.2 Å². The lowest BCUT2D eigenvalue weighted by atomic mass is 10.2. The molecule has 2 atom stereocenters. The van der Waals surface area contributed by atoms with Gasteiger partial charge in [-0.3, -0.25) is 0 Å². The second-order valence-electron chi connectivity index (χ2n) is 4.16. The van der Waals surface area contributed by atoms with Gasteiger partial charge in [0.1, 0.15) is 0 Å². The first-order valence-electron chi connectivity index (χ1n) is 5.77. The van der Waals surface area contributed by atoms with Crippen molar-refractivity contribution in [2.45, 2.75) is 18.9 Å². The number of rotatable bonds is 5. The summed E-state index contributed by atoms with van der Waals surface area (Å²) in [5, 5.41) is 10.1. The van der Waals surface area contributed by atoms with E-state index in [2.05, 4.69) is 22.5 Å². The van der Waals surface area contributed by atoms with E-state index in [0.717, 1.165) is 32.8 Å². The third kappa shape index (κ3) is 3.52. The summed E-state index contributed by atoms with van der Waals surface area (Å²) < 4.78 is 5.40. The number of nitrogens with one attached hydrogen (secondary N) is 2. The molecular weight excluding hydrogens is 222 g/mol. The van der Waals surface area contributed by atoms with Gasteiger partial charge >= 0.3 is 0 Å². The lowest BCUT2D eigenvalue weighted by molar-refractivity contribution is 0.0767. The van der Waals surface area contributed by atoms with E-state index in [1.54, 1.807) is 11.3 Å². The van der Waals surface area contributed by atoms with E-state index in [0.29, 0.717) is 12.0 Å². The van der Waals surface area contributed by atoms with Crippen molar-refractivity contribution >= 4 is 11.3 Å². The molecule has 1 saturated heterocycles. The van der Waals surface area contributed by atoms with Gasteiger partial charge in [0.15, 0.2) is 0 Å². The average molecular weight is 241 g/mol. The second kappa shape index (κ2) is 6.30. The molecule has 1 aromatic heterocycles. The van der Waals surface area contributed by atoms with E-state index >= 15 is 0 Å². The summed E-state index contributed by atoms with van der Waals surface area (Å²) >= 11 is 1.73. The zero-order chi connectivity index (χ0) is 11.2. The number of nitrogens with zero attached hydrogens (tertiary/aromatic N) is 1. The fourth-order valence-electron chi connectivity index (χ4n) is 1.79. The maximum atomic E-state index is 5.40. The summed E-state index contributed by atoms with van der Waals surface area (Å²) in [6, 6.07) is 0.456. The second-order valence-corrected chi connectivity index (χ2v) is 5.08. The fourth-order valence-corrected chi connectivity index (χ4v) is 2.49. The van der Waals surface area contributed by atoms with Gasteiger partial charge in [-0.2, -0.15) is 0 Å². The number of morpholine rings is 1. The highest BCUT2D eigenvalue weighted by molar-refractivity contribution is 7.09. The Morgan fingerprint density at radius 1 is 1.75 bits per heavy atom. The lowest BCUT2D eigenvalue weighted by Crippen LogP contribution is -2.47. The Balaban J connectivity index is 1.63. The molecule has 0 saturated carbocycles. The summed E-state index contributed by atoms with van der Waals surface area (Å²) in [4.78, 5) is 4.32. The van der Waals surface area contributed by atoms with Crippen molar-refractivity contribution in [1.29, 1.82) is 0 Å². The highest BCUT2D eigenvalue weighted by Gasteiger charge is 2.13. The van der Waals surface area contributed by atoms with Gasteiger partial charge in [0, 0.05) is 43.2 Å². The van der Waals surface area contributed by atoms with Gasteiger partial charge in [0.05, 0.1) is 18.2 Å². The Labute approximate surface area is 100 Å². The molecule has 1 fully saturated rings. The lowest BCUT2D eigenvalue weighted by Gasteiger charge is -2.24. The van der Waals surface area contributed by atoms with Gasteiger partial charge in [-0.15, -0.1) is 11.3 Å². The minimum atomic E-state index is 0.456. The Kier molecular flexibility index (Phi) is 4.71. The van der Waals surface area contributed by atoms with Gasteiger partial charge < -0.3 is 15.4 Å². The van der Waals surface area contributed by atoms with Crippen LogP contribution in [0.2, 0.25) is 0 Å². The normalized spacial score (nSPS) is 23.2. The maximum absolute atomic E-state index is 5.40. The number of hydrogen-bond donors (Lipinski definition) is 2. The molecule has 1 aromatic rings. The molecule has 2 heterocycles. The Morgan fingerprint density at radius 3 is 3.38 bits per heavy atom. The maximum Gasteiger partial charge on any atom is 0.0965 e. The number of thiazole rings is 1. The molecule has 90 valence electrons.